The molecule has 2 heterocycles. The van der Waals surface area contributed by atoms with Crippen LogP contribution in [0.15, 0.2) is 60.0 Å². The Hall–Kier alpha value is -2.51. The van der Waals surface area contributed by atoms with E-state index in [1.807, 2.05) is 0 Å². The van der Waals surface area contributed by atoms with Crippen LogP contribution in [-0.2, 0) is 9.47 Å². The van der Waals surface area contributed by atoms with E-state index in [1.165, 1.54) is 18.1 Å². The van der Waals surface area contributed by atoms with Crippen LogP contribution in [0, 0.1) is 0 Å². The molecule has 0 spiro atoms. The van der Waals surface area contributed by atoms with Crippen LogP contribution in [0.1, 0.15) is 19.3 Å². The fourth-order valence-corrected chi connectivity index (χ4v) is 3.09. The first-order valence-corrected chi connectivity index (χ1v) is 8.41. The van der Waals surface area contributed by atoms with Gasteiger partial charge < -0.3 is 14.6 Å². The normalized spacial score (nSPS) is 21.4. The van der Waals surface area contributed by atoms with Gasteiger partial charge in [0.05, 0.1) is 6.04 Å². The minimum Gasteiger partial charge on any atom is -0.466 e. The van der Waals surface area contributed by atoms with Crippen molar-refractivity contribution in [2.75, 3.05) is 19.6 Å². The summed E-state index contributed by atoms with van der Waals surface area (Å²) in [4.78, 5) is 10.8. The predicted molar refractivity (Wildman–Crippen MR) is 93.1 cm³/mol. The first-order valence-electron chi connectivity index (χ1n) is 8.41. The third kappa shape index (κ3) is 4.98. The average molecular weight is 345 g/mol. The molecule has 134 valence electrons. The molecule has 0 aromatic carbocycles. The van der Waals surface area contributed by atoms with E-state index < -0.39 is 6.09 Å². The summed E-state index contributed by atoms with van der Waals surface area (Å²) >= 11 is 0. The lowest BCUT2D eigenvalue weighted by Gasteiger charge is -2.29. The maximum atomic E-state index is 10.8. The average Bonchev–Trinajstić information content (AvgIpc) is 2.63. The second kappa shape index (κ2) is 8.55. The van der Waals surface area contributed by atoms with E-state index in [1.54, 1.807) is 11.3 Å². The van der Waals surface area contributed by atoms with E-state index in [0.29, 0.717) is 19.6 Å². The first kappa shape index (κ1) is 17.3. The molecule has 1 unspecified atom stereocenters. The zero-order valence-electron chi connectivity index (χ0n) is 14.0. The highest BCUT2D eigenvalue weighted by Gasteiger charge is 2.23. The molecule has 0 fully saturated rings. The lowest BCUT2D eigenvalue weighted by molar-refractivity contribution is 0.142. The highest BCUT2D eigenvalue weighted by atomic mass is 16.5. The van der Waals surface area contributed by atoms with Crippen LogP contribution in [-0.4, -0.2) is 41.9 Å². The molecule has 0 saturated heterocycles. The van der Waals surface area contributed by atoms with Gasteiger partial charge in [0.15, 0.2) is 5.76 Å². The van der Waals surface area contributed by atoms with Crippen molar-refractivity contribution in [3.05, 3.63) is 60.0 Å². The number of amides is 1. The van der Waals surface area contributed by atoms with E-state index in [-0.39, 0.29) is 6.04 Å². The highest BCUT2D eigenvalue weighted by Crippen LogP contribution is 2.23. The number of rotatable bonds is 6. The number of hydrogen-bond acceptors (Lipinski definition) is 5. The van der Waals surface area contributed by atoms with Gasteiger partial charge in [-0.1, -0.05) is 24.3 Å². The molecule has 2 aliphatic heterocycles. The number of hydrogen-bond donors (Lipinski definition) is 3. The van der Waals surface area contributed by atoms with Crippen molar-refractivity contribution in [1.82, 2.24) is 15.8 Å². The number of nitrogens with zero attached hydrogens (tertiary/aromatic N) is 1. The summed E-state index contributed by atoms with van der Waals surface area (Å²) in [6, 6.07) is -0.0707. The molecule has 25 heavy (non-hydrogen) atoms. The standard InChI is InChI=1S/C18H23N3O4/c22-18(23)20-21-8-4-5-14(12-21)11-19-17(15-6-2-1-3-7-15)16-13-24-9-10-25-16/h1-2,5-6,9-10,13,17,19-20H,3-4,7-8,11-12H2,(H,22,23). The molecule has 3 aliphatic rings. The Morgan fingerprint density at radius 2 is 2.28 bits per heavy atom. The van der Waals surface area contributed by atoms with Crippen LogP contribution in [0.5, 0.6) is 0 Å². The van der Waals surface area contributed by atoms with E-state index >= 15 is 0 Å². The molecule has 0 radical (unpaired) electrons. The zero-order valence-corrected chi connectivity index (χ0v) is 14.0. The lowest BCUT2D eigenvalue weighted by Crippen LogP contribution is -2.46. The lowest BCUT2D eigenvalue weighted by atomic mass is 9.96. The molecule has 3 rings (SSSR count). The van der Waals surface area contributed by atoms with Crippen molar-refractivity contribution in [3.8, 4) is 0 Å². The quantitative estimate of drug-likeness (QED) is 0.641. The van der Waals surface area contributed by atoms with Gasteiger partial charge in [-0.15, -0.1) is 0 Å². The summed E-state index contributed by atoms with van der Waals surface area (Å²) in [5, 5.41) is 14.1. The molecule has 0 saturated carbocycles. The van der Waals surface area contributed by atoms with Crippen molar-refractivity contribution in [1.29, 1.82) is 0 Å². The van der Waals surface area contributed by atoms with Gasteiger partial charge in [0, 0.05) is 19.6 Å². The van der Waals surface area contributed by atoms with Crippen LogP contribution in [0.2, 0.25) is 0 Å². The number of carboxylic acid groups (broad SMARTS) is 1. The maximum Gasteiger partial charge on any atom is 0.419 e. The number of nitrogens with one attached hydrogen (secondary N) is 2. The number of allylic oxidation sites excluding steroid dienone is 3. The van der Waals surface area contributed by atoms with Gasteiger partial charge in [0.1, 0.15) is 18.8 Å². The summed E-state index contributed by atoms with van der Waals surface area (Å²) in [5.41, 5.74) is 4.81. The van der Waals surface area contributed by atoms with Crippen molar-refractivity contribution in [3.63, 3.8) is 0 Å². The van der Waals surface area contributed by atoms with Gasteiger partial charge in [0.2, 0.25) is 0 Å². The van der Waals surface area contributed by atoms with Gasteiger partial charge in [0.25, 0.3) is 0 Å². The fraction of sp³-hybridized carbons (Fsp3) is 0.389. The molecule has 7 nitrogen and oxygen atoms in total. The molecular formula is C18H23N3O4. The SMILES string of the molecule is O=C(O)NN1CCC=C(CNC(C2=CC=CCC2)C2=COC=CO2)C1. The zero-order chi connectivity index (χ0) is 17.5. The van der Waals surface area contributed by atoms with Gasteiger partial charge in [-0.2, -0.15) is 0 Å². The van der Waals surface area contributed by atoms with E-state index in [9.17, 15) is 4.79 Å². The Balaban J connectivity index is 1.63. The molecule has 0 aromatic heterocycles. The molecule has 1 atom stereocenters. The summed E-state index contributed by atoms with van der Waals surface area (Å²) < 4.78 is 10.9. The molecule has 0 aromatic rings. The third-order valence-corrected chi connectivity index (χ3v) is 4.24. The third-order valence-electron chi connectivity index (χ3n) is 4.24. The van der Waals surface area contributed by atoms with Crippen molar-refractivity contribution in [2.45, 2.75) is 25.3 Å². The topological polar surface area (TPSA) is 83.1 Å². The number of hydrazine groups is 1. The predicted octanol–water partition coefficient (Wildman–Crippen LogP) is 2.40. The minimum atomic E-state index is -1.03. The summed E-state index contributed by atoms with van der Waals surface area (Å²) in [6.07, 6.45) is 14.9. The fourth-order valence-electron chi connectivity index (χ4n) is 3.09. The molecule has 7 heteroatoms. The Bertz CT molecular complexity index is 649. The summed E-state index contributed by atoms with van der Waals surface area (Å²) in [5.74, 6) is 0.723. The molecular weight excluding hydrogens is 322 g/mol. The van der Waals surface area contributed by atoms with Gasteiger partial charge in [-0.05, 0) is 30.4 Å². The summed E-state index contributed by atoms with van der Waals surface area (Å²) in [6.45, 7) is 1.90. The van der Waals surface area contributed by atoms with E-state index in [0.717, 1.165) is 30.6 Å². The van der Waals surface area contributed by atoms with Crippen molar-refractivity contribution < 1.29 is 19.4 Å². The van der Waals surface area contributed by atoms with Crippen LogP contribution in [0.4, 0.5) is 4.79 Å². The Morgan fingerprint density at radius 3 is 3.00 bits per heavy atom. The number of ether oxygens (including phenoxy) is 2. The van der Waals surface area contributed by atoms with E-state index in [2.05, 4.69) is 35.0 Å². The Kier molecular flexibility index (Phi) is 5.92. The number of carbonyl (C=O) groups is 1. The largest absolute Gasteiger partial charge is 0.466 e. The molecule has 1 amide bonds. The van der Waals surface area contributed by atoms with Crippen LogP contribution < -0.4 is 10.7 Å². The maximum absolute atomic E-state index is 10.8. The Labute approximate surface area is 146 Å². The Morgan fingerprint density at radius 1 is 1.36 bits per heavy atom. The molecule has 1 aliphatic carbocycles. The monoisotopic (exact) mass is 345 g/mol. The van der Waals surface area contributed by atoms with Crippen LogP contribution in [0.25, 0.3) is 0 Å². The molecule has 0 bridgehead atoms. The van der Waals surface area contributed by atoms with Gasteiger partial charge in [-0.3, -0.25) is 10.7 Å². The smallest absolute Gasteiger partial charge is 0.419 e. The van der Waals surface area contributed by atoms with Gasteiger partial charge >= 0.3 is 6.09 Å². The van der Waals surface area contributed by atoms with E-state index in [4.69, 9.17) is 14.6 Å². The summed E-state index contributed by atoms with van der Waals surface area (Å²) in [7, 11) is 0. The first-order chi connectivity index (χ1) is 12.2. The van der Waals surface area contributed by atoms with Crippen LogP contribution in [0.3, 0.4) is 0 Å². The minimum absolute atomic E-state index is 0.0707. The molecule has 3 N–H and O–H groups in total. The highest BCUT2D eigenvalue weighted by molar-refractivity contribution is 5.63. The van der Waals surface area contributed by atoms with Gasteiger partial charge in [-0.25, -0.2) is 9.80 Å². The second-order valence-electron chi connectivity index (χ2n) is 6.06. The van der Waals surface area contributed by atoms with Crippen molar-refractivity contribution >= 4 is 6.09 Å². The van der Waals surface area contributed by atoms with Crippen LogP contribution >= 0.6 is 0 Å². The second-order valence-corrected chi connectivity index (χ2v) is 6.06. The van der Waals surface area contributed by atoms with Crippen molar-refractivity contribution in [2.24, 2.45) is 0 Å².